The number of benzene rings is 1. The van der Waals surface area contributed by atoms with Crippen LogP contribution in [0.5, 0.6) is 5.75 Å². The summed E-state index contributed by atoms with van der Waals surface area (Å²) < 4.78 is 5.38. The molecule has 2 heterocycles. The van der Waals surface area contributed by atoms with Gasteiger partial charge in [-0.05, 0) is 43.9 Å². The Morgan fingerprint density at radius 3 is 2.88 bits per heavy atom. The molecule has 0 saturated carbocycles. The standard InChI is InChI=1S/C18H23ClN4O/c1-12-5-4-8-23(11-12)17-9-13(2)20-18(22-17)21-15-10-14(19)6-7-16(15)24-3/h6-7,9-10,12H,4-5,8,11H2,1-3H3,(H,20,21,22). The molecular weight excluding hydrogens is 324 g/mol. The highest BCUT2D eigenvalue weighted by Crippen LogP contribution is 2.30. The zero-order valence-electron chi connectivity index (χ0n) is 14.3. The van der Waals surface area contributed by atoms with Gasteiger partial charge in [-0.15, -0.1) is 0 Å². The molecule has 1 aromatic heterocycles. The van der Waals surface area contributed by atoms with E-state index in [9.17, 15) is 0 Å². The van der Waals surface area contributed by atoms with Gasteiger partial charge in [0, 0.05) is 29.9 Å². The van der Waals surface area contributed by atoms with Crippen LogP contribution in [0.2, 0.25) is 5.02 Å². The highest BCUT2D eigenvalue weighted by molar-refractivity contribution is 6.31. The van der Waals surface area contributed by atoms with Gasteiger partial charge < -0.3 is 15.0 Å². The molecule has 0 spiro atoms. The van der Waals surface area contributed by atoms with Crippen LogP contribution in [-0.2, 0) is 0 Å². The average Bonchev–Trinajstić information content (AvgIpc) is 2.54. The molecule has 0 amide bonds. The van der Waals surface area contributed by atoms with Crippen molar-refractivity contribution in [1.82, 2.24) is 9.97 Å². The largest absolute Gasteiger partial charge is 0.495 e. The average molecular weight is 347 g/mol. The quantitative estimate of drug-likeness (QED) is 0.887. The molecular formula is C18H23ClN4O. The first-order valence-corrected chi connectivity index (χ1v) is 8.64. The van der Waals surface area contributed by atoms with E-state index in [4.69, 9.17) is 21.3 Å². The van der Waals surface area contributed by atoms with Gasteiger partial charge >= 0.3 is 0 Å². The van der Waals surface area contributed by atoms with Crippen molar-refractivity contribution >= 4 is 29.1 Å². The lowest BCUT2D eigenvalue weighted by Gasteiger charge is -2.32. The highest BCUT2D eigenvalue weighted by atomic mass is 35.5. The summed E-state index contributed by atoms with van der Waals surface area (Å²) in [6.07, 6.45) is 2.49. The number of hydrogen-bond donors (Lipinski definition) is 1. The Hall–Kier alpha value is -2.01. The van der Waals surface area contributed by atoms with E-state index in [0.29, 0.717) is 22.6 Å². The van der Waals surface area contributed by atoms with Crippen LogP contribution in [0, 0.1) is 12.8 Å². The third kappa shape index (κ3) is 3.90. The summed E-state index contributed by atoms with van der Waals surface area (Å²) >= 11 is 6.10. The first-order chi connectivity index (χ1) is 11.5. The number of aromatic nitrogens is 2. The molecule has 1 fully saturated rings. The summed E-state index contributed by atoms with van der Waals surface area (Å²) in [5, 5.41) is 3.87. The Bertz CT molecular complexity index is 722. The normalized spacial score (nSPS) is 17.7. The molecule has 1 atom stereocenters. The van der Waals surface area contributed by atoms with Gasteiger partial charge in [-0.2, -0.15) is 4.98 Å². The van der Waals surface area contributed by atoms with Crippen molar-refractivity contribution in [2.45, 2.75) is 26.7 Å². The van der Waals surface area contributed by atoms with E-state index < -0.39 is 0 Å². The van der Waals surface area contributed by atoms with Crippen LogP contribution < -0.4 is 15.0 Å². The molecule has 0 aliphatic carbocycles. The van der Waals surface area contributed by atoms with E-state index in [1.165, 1.54) is 12.8 Å². The molecule has 1 unspecified atom stereocenters. The Kier molecular flexibility index (Phi) is 5.09. The molecule has 0 bridgehead atoms. The number of piperidine rings is 1. The summed E-state index contributed by atoms with van der Waals surface area (Å²) in [5.41, 5.74) is 1.69. The van der Waals surface area contributed by atoms with Crippen LogP contribution in [0.1, 0.15) is 25.5 Å². The maximum Gasteiger partial charge on any atom is 0.229 e. The van der Waals surface area contributed by atoms with Crippen molar-refractivity contribution in [3.63, 3.8) is 0 Å². The minimum absolute atomic E-state index is 0.559. The van der Waals surface area contributed by atoms with E-state index in [-0.39, 0.29) is 0 Å². The molecule has 3 rings (SSSR count). The second-order valence-electron chi connectivity index (χ2n) is 6.35. The van der Waals surface area contributed by atoms with Gasteiger partial charge in [0.2, 0.25) is 5.95 Å². The van der Waals surface area contributed by atoms with Crippen LogP contribution in [0.15, 0.2) is 24.3 Å². The third-order valence-corrected chi connectivity index (χ3v) is 4.46. The first kappa shape index (κ1) is 16.8. The number of anilines is 3. The second kappa shape index (κ2) is 7.26. The zero-order chi connectivity index (χ0) is 17.1. The number of nitrogens with zero attached hydrogens (tertiary/aromatic N) is 3. The van der Waals surface area contributed by atoms with Crippen LogP contribution in [0.4, 0.5) is 17.5 Å². The van der Waals surface area contributed by atoms with Gasteiger partial charge in [-0.1, -0.05) is 18.5 Å². The summed E-state index contributed by atoms with van der Waals surface area (Å²) in [6, 6.07) is 7.48. The molecule has 5 nitrogen and oxygen atoms in total. The summed E-state index contributed by atoms with van der Waals surface area (Å²) in [5.74, 6) is 2.93. The van der Waals surface area contributed by atoms with Crippen molar-refractivity contribution in [2.75, 3.05) is 30.4 Å². The first-order valence-electron chi connectivity index (χ1n) is 8.26. The van der Waals surface area contributed by atoms with Crippen LogP contribution in [-0.4, -0.2) is 30.2 Å². The molecule has 1 aliphatic heterocycles. The van der Waals surface area contributed by atoms with Gasteiger partial charge in [-0.3, -0.25) is 0 Å². The molecule has 1 aliphatic rings. The number of ether oxygens (including phenoxy) is 1. The lowest BCUT2D eigenvalue weighted by molar-refractivity contribution is 0.417. The van der Waals surface area contributed by atoms with Gasteiger partial charge in [0.15, 0.2) is 0 Å². The predicted molar refractivity (Wildman–Crippen MR) is 98.7 cm³/mol. The van der Waals surface area contributed by atoms with E-state index in [1.807, 2.05) is 25.1 Å². The van der Waals surface area contributed by atoms with Gasteiger partial charge in [0.25, 0.3) is 0 Å². The lowest BCUT2D eigenvalue weighted by atomic mass is 10.0. The summed E-state index contributed by atoms with van der Waals surface area (Å²) in [4.78, 5) is 11.5. The van der Waals surface area contributed by atoms with Gasteiger partial charge in [-0.25, -0.2) is 4.98 Å². The lowest BCUT2D eigenvalue weighted by Crippen LogP contribution is -2.35. The molecule has 1 aromatic carbocycles. The fourth-order valence-electron chi connectivity index (χ4n) is 3.07. The minimum atomic E-state index is 0.559. The summed E-state index contributed by atoms with van der Waals surface area (Å²) in [7, 11) is 1.63. The second-order valence-corrected chi connectivity index (χ2v) is 6.79. The predicted octanol–water partition coefficient (Wildman–Crippen LogP) is 4.43. The van der Waals surface area contributed by atoms with Crippen molar-refractivity contribution < 1.29 is 4.74 Å². The van der Waals surface area contributed by atoms with Crippen molar-refractivity contribution in [3.05, 3.63) is 35.0 Å². The smallest absolute Gasteiger partial charge is 0.229 e. The molecule has 1 N–H and O–H groups in total. The van der Waals surface area contributed by atoms with Gasteiger partial charge in [0.1, 0.15) is 11.6 Å². The summed E-state index contributed by atoms with van der Waals surface area (Å²) in [6.45, 7) is 6.35. The van der Waals surface area contributed by atoms with Crippen molar-refractivity contribution in [1.29, 1.82) is 0 Å². The SMILES string of the molecule is COc1ccc(Cl)cc1Nc1nc(C)cc(N2CCCC(C)C2)n1. The Morgan fingerprint density at radius 1 is 1.29 bits per heavy atom. The molecule has 0 radical (unpaired) electrons. The number of nitrogens with one attached hydrogen (secondary N) is 1. The number of aryl methyl sites for hydroxylation is 1. The van der Waals surface area contributed by atoms with E-state index in [2.05, 4.69) is 22.1 Å². The number of methoxy groups -OCH3 is 1. The molecule has 128 valence electrons. The molecule has 2 aromatic rings. The van der Waals surface area contributed by atoms with Gasteiger partial charge in [0.05, 0.1) is 12.8 Å². The minimum Gasteiger partial charge on any atom is -0.495 e. The van der Waals surface area contributed by atoms with Crippen LogP contribution in [0.3, 0.4) is 0 Å². The Morgan fingerprint density at radius 2 is 2.12 bits per heavy atom. The Balaban J connectivity index is 1.88. The molecule has 6 heteroatoms. The molecule has 1 saturated heterocycles. The van der Waals surface area contributed by atoms with Crippen molar-refractivity contribution in [2.24, 2.45) is 5.92 Å². The Labute approximate surface area is 148 Å². The number of halogens is 1. The highest BCUT2D eigenvalue weighted by Gasteiger charge is 2.19. The number of rotatable bonds is 4. The van der Waals surface area contributed by atoms with E-state index in [1.54, 1.807) is 13.2 Å². The maximum absolute atomic E-state index is 6.10. The monoisotopic (exact) mass is 346 g/mol. The topological polar surface area (TPSA) is 50.3 Å². The van der Waals surface area contributed by atoms with Crippen LogP contribution in [0.25, 0.3) is 0 Å². The van der Waals surface area contributed by atoms with E-state index >= 15 is 0 Å². The molecule has 24 heavy (non-hydrogen) atoms. The number of hydrogen-bond acceptors (Lipinski definition) is 5. The van der Waals surface area contributed by atoms with E-state index in [0.717, 1.165) is 30.3 Å². The maximum atomic E-state index is 6.10. The fourth-order valence-corrected chi connectivity index (χ4v) is 3.24. The fraction of sp³-hybridized carbons (Fsp3) is 0.444. The zero-order valence-corrected chi connectivity index (χ0v) is 15.1. The third-order valence-electron chi connectivity index (χ3n) is 4.23. The van der Waals surface area contributed by atoms with Crippen molar-refractivity contribution in [3.8, 4) is 5.75 Å². The van der Waals surface area contributed by atoms with Crippen LogP contribution >= 0.6 is 11.6 Å².